The molecule has 1 fully saturated rings. The number of guanidine groups is 1. The predicted molar refractivity (Wildman–Crippen MR) is 77.5 cm³/mol. The number of nitrogens with one attached hydrogen (secondary N) is 2. The summed E-state index contributed by atoms with van der Waals surface area (Å²) in [6.45, 7) is 2.55. The van der Waals surface area contributed by atoms with Crippen LogP contribution in [0.2, 0.25) is 0 Å². The van der Waals surface area contributed by atoms with E-state index in [1.54, 1.807) is 7.11 Å². The van der Waals surface area contributed by atoms with Crippen molar-refractivity contribution in [2.75, 3.05) is 20.3 Å². The van der Waals surface area contributed by atoms with E-state index >= 15 is 0 Å². The molecular weight excluding hydrogens is 335 g/mol. The molecule has 0 aliphatic heterocycles. The van der Waals surface area contributed by atoms with Crippen molar-refractivity contribution in [1.82, 2.24) is 10.6 Å². The number of amides is 1. The highest BCUT2D eigenvalue weighted by Crippen LogP contribution is 2.18. The van der Waals surface area contributed by atoms with Crippen LogP contribution in [0, 0.1) is 0 Å². The third-order valence-electron chi connectivity index (χ3n) is 2.15. The van der Waals surface area contributed by atoms with Crippen LogP contribution in [0.1, 0.15) is 19.8 Å². The summed E-state index contributed by atoms with van der Waals surface area (Å²) in [4.78, 5) is 15.2. The van der Waals surface area contributed by atoms with E-state index < -0.39 is 0 Å². The predicted octanol–water partition coefficient (Wildman–Crippen LogP) is -0.178. The van der Waals surface area contributed by atoms with Crippen molar-refractivity contribution in [2.24, 2.45) is 10.7 Å². The van der Waals surface area contributed by atoms with Crippen molar-refractivity contribution in [3.8, 4) is 0 Å². The number of halogens is 1. The standard InChI is InChI=1S/C10H20N4O2.HI/c1-7(6-16-2)13-10(11)12-5-9(15)14-8-3-4-8;/h7-8H,3-6H2,1-2H3,(H,14,15)(H3,11,12,13);1H. The molecule has 0 heterocycles. The first-order valence-electron chi connectivity index (χ1n) is 5.46. The maximum Gasteiger partial charge on any atom is 0.242 e. The van der Waals surface area contributed by atoms with E-state index in [0.29, 0.717) is 12.6 Å². The molecule has 17 heavy (non-hydrogen) atoms. The Morgan fingerprint density at radius 3 is 2.76 bits per heavy atom. The van der Waals surface area contributed by atoms with Crippen LogP contribution in [-0.4, -0.2) is 44.2 Å². The monoisotopic (exact) mass is 356 g/mol. The summed E-state index contributed by atoms with van der Waals surface area (Å²) in [6, 6.07) is 0.449. The number of hydrogen-bond donors (Lipinski definition) is 3. The number of ether oxygens (including phenoxy) is 1. The quantitative estimate of drug-likeness (QED) is 0.350. The molecule has 0 bridgehead atoms. The lowest BCUT2D eigenvalue weighted by molar-refractivity contribution is -0.119. The number of carbonyl (C=O) groups is 1. The van der Waals surface area contributed by atoms with Crippen molar-refractivity contribution < 1.29 is 9.53 Å². The Labute approximate surface area is 119 Å². The molecule has 0 radical (unpaired) electrons. The average molecular weight is 356 g/mol. The first kappa shape index (κ1) is 16.4. The highest BCUT2D eigenvalue weighted by atomic mass is 127. The number of methoxy groups -OCH3 is 1. The zero-order valence-corrected chi connectivity index (χ0v) is 12.6. The zero-order valence-electron chi connectivity index (χ0n) is 10.2. The third-order valence-corrected chi connectivity index (χ3v) is 2.15. The van der Waals surface area contributed by atoms with Crippen LogP contribution >= 0.6 is 24.0 Å². The Morgan fingerprint density at radius 1 is 1.59 bits per heavy atom. The van der Waals surface area contributed by atoms with E-state index in [9.17, 15) is 4.79 Å². The number of nitrogens with zero attached hydrogens (tertiary/aromatic N) is 1. The van der Waals surface area contributed by atoms with Gasteiger partial charge in [0.1, 0.15) is 6.54 Å². The fraction of sp³-hybridized carbons (Fsp3) is 0.800. The molecule has 1 saturated carbocycles. The van der Waals surface area contributed by atoms with Crippen LogP contribution in [0.4, 0.5) is 0 Å². The average Bonchev–Trinajstić information content (AvgIpc) is 2.99. The third kappa shape index (κ3) is 8.19. The largest absolute Gasteiger partial charge is 0.383 e. The van der Waals surface area contributed by atoms with Gasteiger partial charge < -0.3 is 21.1 Å². The smallest absolute Gasteiger partial charge is 0.242 e. The summed E-state index contributed by atoms with van der Waals surface area (Å²) < 4.78 is 4.94. The van der Waals surface area contributed by atoms with Gasteiger partial charge in [-0.3, -0.25) is 4.79 Å². The van der Waals surface area contributed by atoms with E-state index in [-0.39, 0.29) is 48.4 Å². The second-order valence-corrected chi connectivity index (χ2v) is 4.04. The lowest BCUT2D eigenvalue weighted by Gasteiger charge is -2.12. The minimum absolute atomic E-state index is 0. The summed E-state index contributed by atoms with van der Waals surface area (Å²) in [5, 5.41) is 5.76. The van der Waals surface area contributed by atoms with Gasteiger partial charge in [-0.25, -0.2) is 4.99 Å². The van der Waals surface area contributed by atoms with E-state index in [2.05, 4.69) is 15.6 Å². The fourth-order valence-corrected chi connectivity index (χ4v) is 1.25. The molecule has 6 nitrogen and oxygen atoms in total. The summed E-state index contributed by atoms with van der Waals surface area (Å²) in [5.41, 5.74) is 5.60. The summed E-state index contributed by atoms with van der Waals surface area (Å²) in [7, 11) is 1.62. The lowest BCUT2D eigenvalue weighted by Crippen LogP contribution is -2.41. The molecule has 100 valence electrons. The van der Waals surface area contributed by atoms with Crippen molar-refractivity contribution in [1.29, 1.82) is 0 Å². The van der Waals surface area contributed by atoms with E-state index in [1.165, 1.54) is 0 Å². The molecule has 1 rings (SSSR count). The summed E-state index contributed by atoms with van der Waals surface area (Å²) >= 11 is 0. The van der Waals surface area contributed by atoms with Crippen molar-refractivity contribution in [3.05, 3.63) is 0 Å². The summed E-state index contributed by atoms with van der Waals surface area (Å²) in [5.74, 6) is 0.196. The Balaban J connectivity index is 0.00000256. The maximum atomic E-state index is 11.3. The Kier molecular flexibility index (Phi) is 8.23. The normalized spacial score (nSPS) is 16.9. The van der Waals surface area contributed by atoms with Gasteiger partial charge in [0, 0.05) is 19.2 Å². The molecule has 0 aromatic carbocycles. The lowest BCUT2D eigenvalue weighted by atomic mass is 10.4. The van der Waals surface area contributed by atoms with Crippen LogP contribution in [0.3, 0.4) is 0 Å². The van der Waals surface area contributed by atoms with Gasteiger partial charge in [-0.1, -0.05) is 0 Å². The van der Waals surface area contributed by atoms with E-state index in [1.807, 2.05) is 6.92 Å². The van der Waals surface area contributed by atoms with Crippen LogP contribution in [0.25, 0.3) is 0 Å². The minimum atomic E-state index is -0.0772. The minimum Gasteiger partial charge on any atom is -0.383 e. The molecule has 1 unspecified atom stereocenters. The van der Waals surface area contributed by atoms with Gasteiger partial charge in [0.15, 0.2) is 5.96 Å². The fourth-order valence-electron chi connectivity index (χ4n) is 1.25. The van der Waals surface area contributed by atoms with Gasteiger partial charge in [-0.15, -0.1) is 24.0 Å². The molecule has 1 atom stereocenters. The second kappa shape index (κ2) is 8.51. The molecule has 7 heteroatoms. The maximum absolute atomic E-state index is 11.3. The SMILES string of the molecule is COCC(C)NC(N)=NCC(=O)NC1CC1.I. The van der Waals surface area contributed by atoms with Gasteiger partial charge in [0.2, 0.25) is 5.91 Å². The van der Waals surface area contributed by atoms with E-state index in [4.69, 9.17) is 10.5 Å². The first-order chi connectivity index (χ1) is 7.61. The van der Waals surface area contributed by atoms with Crippen molar-refractivity contribution in [3.63, 3.8) is 0 Å². The van der Waals surface area contributed by atoms with Crippen LogP contribution < -0.4 is 16.4 Å². The molecule has 0 aromatic rings. The number of aliphatic imine (C=N–C) groups is 1. The molecule has 1 aliphatic carbocycles. The second-order valence-electron chi connectivity index (χ2n) is 4.04. The van der Waals surface area contributed by atoms with Crippen LogP contribution in [0.15, 0.2) is 4.99 Å². The van der Waals surface area contributed by atoms with Crippen LogP contribution in [0.5, 0.6) is 0 Å². The van der Waals surface area contributed by atoms with Gasteiger partial charge in [0.25, 0.3) is 0 Å². The number of nitrogens with two attached hydrogens (primary N) is 1. The summed E-state index contributed by atoms with van der Waals surface area (Å²) in [6.07, 6.45) is 2.15. The number of rotatable bonds is 6. The molecule has 0 saturated heterocycles. The molecule has 1 amide bonds. The van der Waals surface area contributed by atoms with Gasteiger partial charge in [-0.2, -0.15) is 0 Å². The Bertz CT molecular complexity index is 269. The van der Waals surface area contributed by atoms with Crippen molar-refractivity contribution >= 4 is 35.8 Å². The van der Waals surface area contributed by atoms with E-state index in [0.717, 1.165) is 12.8 Å². The zero-order chi connectivity index (χ0) is 12.0. The first-order valence-corrected chi connectivity index (χ1v) is 5.46. The Morgan fingerprint density at radius 2 is 2.24 bits per heavy atom. The molecule has 0 aromatic heterocycles. The molecule has 0 spiro atoms. The van der Waals surface area contributed by atoms with Crippen molar-refractivity contribution in [2.45, 2.75) is 31.8 Å². The molecule has 1 aliphatic rings. The highest BCUT2D eigenvalue weighted by molar-refractivity contribution is 14.0. The highest BCUT2D eigenvalue weighted by Gasteiger charge is 2.22. The topological polar surface area (TPSA) is 88.7 Å². The molecular formula is C10H21IN4O2. The number of hydrogen-bond acceptors (Lipinski definition) is 3. The van der Waals surface area contributed by atoms with Gasteiger partial charge >= 0.3 is 0 Å². The molecule has 4 N–H and O–H groups in total. The van der Waals surface area contributed by atoms with Crippen LogP contribution in [-0.2, 0) is 9.53 Å². The van der Waals surface area contributed by atoms with Gasteiger partial charge in [0.05, 0.1) is 6.61 Å². The Hall–Kier alpha value is -0.570. The van der Waals surface area contributed by atoms with Gasteiger partial charge in [-0.05, 0) is 19.8 Å². The number of carbonyl (C=O) groups excluding carboxylic acids is 1.